The van der Waals surface area contributed by atoms with Gasteiger partial charge in [-0.05, 0) is 30.1 Å². The lowest BCUT2D eigenvalue weighted by atomic mass is 9.59. The highest BCUT2D eigenvalue weighted by molar-refractivity contribution is 5.03. The van der Waals surface area contributed by atoms with E-state index in [1.54, 1.807) is 11.0 Å². The lowest BCUT2D eigenvalue weighted by Gasteiger charge is -2.49. The monoisotopic (exact) mass is 251 g/mol. The minimum atomic E-state index is -0.661. The van der Waals surface area contributed by atoms with Crippen molar-refractivity contribution < 1.29 is 5.11 Å². The highest BCUT2D eigenvalue weighted by Crippen LogP contribution is 2.50. The Morgan fingerprint density at radius 1 is 1.17 bits per heavy atom. The van der Waals surface area contributed by atoms with E-state index in [9.17, 15) is 5.11 Å². The summed E-state index contributed by atoms with van der Waals surface area (Å²) in [5, 5.41) is 15.0. The van der Waals surface area contributed by atoms with Gasteiger partial charge in [-0.1, -0.05) is 27.7 Å². The van der Waals surface area contributed by atoms with E-state index >= 15 is 0 Å². The van der Waals surface area contributed by atoms with Crippen molar-refractivity contribution in [2.24, 2.45) is 17.9 Å². The molecule has 0 aromatic carbocycles. The molecule has 2 rings (SSSR count). The van der Waals surface area contributed by atoms with Gasteiger partial charge in [0.25, 0.3) is 0 Å². The molecule has 1 heterocycles. The zero-order chi connectivity index (χ0) is 13.6. The fourth-order valence-corrected chi connectivity index (χ4v) is 4.16. The normalized spacial score (nSPS) is 25.0. The van der Waals surface area contributed by atoms with Crippen LogP contribution in [0.4, 0.5) is 0 Å². The Balaban J connectivity index is 2.22. The van der Waals surface area contributed by atoms with Gasteiger partial charge in [-0.25, -0.2) is 4.98 Å². The molecule has 1 saturated carbocycles. The molecule has 0 spiro atoms. The van der Waals surface area contributed by atoms with Crippen LogP contribution in [0.3, 0.4) is 0 Å². The number of rotatable bonds is 2. The summed E-state index contributed by atoms with van der Waals surface area (Å²) >= 11 is 0. The average Bonchev–Trinajstić information content (AvgIpc) is 2.43. The summed E-state index contributed by atoms with van der Waals surface area (Å²) in [5.74, 6) is 0.867. The SMILES string of the molecule is Cn1ncnc1CC1(O)CC(C)(C)CC(C)(C)C1. The van der Waals surface area contributed by atoms with E-state index in [1.807, 2.05) is 7.05 Å². The van der Waals surface area contributed by atoms with Crippen molar-refractivity contribution >= 4 is 0 Å². The number of aromatic nitrogens is 3. The van der Waals surface area contributed by atoms with E-state index in [-0.39, 0.29) is 10.8 Å². The van der Waals surface area contributed by atoms with Gasteiger partial charge in [0.15, 0.2) is 0 Å². The van der Waals surface area contributed by atoms with Gasteiger partial charge in [0.05, 0.1) is 5.60 Å². The van der Waals surface area contributed by atoms with E-state index in [0.29, 0.717) is 6.42 Å². The minimum Gasteiger partial charge on any atom is -0.389 e. The second-order valence-electron chi connectivity index (χ2n) is 7.56. The van der Waals surface area contributed by atoms with E-state index in [4.69, 9.17) is 0 Å². The molecule has 4 nitrogen and oxygen atoms in total. The molecule has 1 fully saturated rings. The lowest BCUT2D eigenvalue weighted by Crippen LogP contribution is -2.47. The molecule has 0 radical (unpaired) electrons. The van der Waals surface area contributed by atoms with E-state index in [1.165, 1.54) is 0 Å². The van der Waals surface area contributed by atoms with E-state index in [2.05, 4.69) is 37.8 Å². The van der Waals surface area contributed by atoms with Crippen LogP contribution in [0.25, 0.3) is 0 Å². The summed E-state index contributed by atoms with van der Waals surface area (Å²) in [5.41, 5.74) is -0.309. The third kappa shape index (κ3) is 2.91. The first-order valence-corrected chi connectivity index (χ1v) is 6.66. The maximum atomic E-state index is 11.0. The van der Waals surface area contributed by atoms with Crippen LogP contribution < -0.4 is 0 Å². The first-order chi connectivity index (χ1) is 8.11. The molecule has 0 bridgehead atoms. The van der Waals surface area contributed by atoms with Crippen molar-refractivity contribution in [2.75, 3.05) is 0 Å². The number of nitrogens with zero attached hydrogens (tertiary/aromatic N) is 3. The summed E-state index contributed by atoms with van der Waals surface area (Å²) in [6, 6.07) is 0. The maximum Gasteiger partial charge on any atom is 0.138 e. The standard InChI is InChI=1S/C14H25N3O/c1-12(2)7-13(3,4)9-14(18,8-12)6-11-15-10-16-17(11)5/h10,18H,6-9H2,1-5H3. The van der Waals surface area contributed by atoms with Crippen LogP contribution in [-0.4, -0.2) is 25.5 Å². The first kappa shape index (κ1) is 13.5. The molecule has 0 atom stereocenters. The number of hydrogen-bond acceptors (Lipinski definition) is 3. The second kappa shape index (κ2) is 4.05. The molecule has 18 heavy (non-hydrogen) atoms. The van der Waals surface area contributed by atoms with Crippen molar-refractivity contribution in [2.45, 2.75) is 59.0 Å². The fraction of sp³-hybridized carbons (Fsp3) is 0.857. The molecule has 0 amide bonds. The van der Waals surface area contributed by atoms with Crippen LogP contribution in [0.5, 0.6) is 0 Å². The predicted molar refractivity (Wildman–Crippen MR) is 71.1 cm³/mol. The summed E-state index contributed by atoms with van der Waals surface area (Å²) in [6.07, 6.45) is 4.96. The van der Waals surface area contributed by atoms with Gasteiger partial charge in [-0.15, -0.1) is 0 Å². The predicted octanol–water partition coefficient (Wildman–Crippen LogP) is 2.33. The number of hydrogen-bond donors (Lipinski definition) is 1. The van der Waals surface area contributed by atoms with Crippen molar-refractivity contribution in [3.05, 3.63) is 12.2 Å². The van der Waals surface area contributed by atoms with Crippen LogP contribution in [0, 0.1) is 10.8 Å². The quantitative estimate of drug-likeness (QED) is 0.877. The van der Waals surface area contributed by atoms with Gasteiger partial charge in [0.1, 0.15) is 12.2 Å². The number of aliphatic hydroxyl groups is 1. The molecule has 1 N–H and O–H groups in total. The minimum absolute atomic E-state index is 0.176. The van der Waals surface area contributed by atoms with Crippen molar-refractivity contribution in [1.29, 1.82) is 0 Å². The molecule has 0 unspecified atom stereocenters. The highest BCUT2D eigenvalue weighted by atomic mass is 16.3. The highest BCUT2D eigenvalue weighted by Gasteiger charge is 2.46. The molecule has 4 heteroatoms. The Labute approximate surface area is 109 Å². The van der Waals surface area contributed by atoms with Crippen LogP contribution >= 0.6 is 0 Å². The molecule has 102 valence electrons. The Morgan fingerprint density at radius 3 is 2.17 bits per heavy atom. The lowest BCUT2D eigenvalue weighted by molar-refractivity contribution is -0.0865. The number of aryl methyl sites for hydroxylation is 1. The van der Waals surface area contributed by atoms with Gasteiger partial charge >= 0.3 is 0 Å². The molecule has 1 aromatic heterocycles. The largest absolute Gasteiger partial charge is 0.389 e. The maximum absolute atomic E-state index is 11.0. The van der Waals surface area contributed by atoms with Gasteiger partial charge in [-0.2, -0.15) is 5.10 Å². The van der Waals surface area contributed by atoms with Gasteiger partial charge in [0.2, 0.25) is 0 Å². The third-order valence-corrected chi connectivity index (χ3v) is 3.86. The van der Waals surface area contributed by atoms with Gasteiger partial charge < -0.3 is 5.11 Å². The Hall–Kier alpha value is -0.900. The van der Waals surface area contributed by atoms with Crippen molar-refractivity contribution in [3.8, 4) is 0 Å². The molecule has 1 aliphatic rings. The van der Waals surface area contributed by atoms with Crippen LogP contribution in [0.2, 0.25) is 0 Å². The summed E-state index contributed by atoms with van der Waals surface area (Å²) < 4.78 is 1.76. The smallest absolute Gasteiger partial charge is 0.138 e. The van der Waals surface area contributed by atoms with E-state index < -0.39 is 5.60 Å². The second-order valence-corrected chi connectivity index (χ2v) is 7.56. The average molecular weight is 251 g/mol. The Bertz CT molecular complexity index is 418. The molecular weight excluding hydrogens is 226 g/mol. The van der Waals surface area contributed by atoms with Crippen molar-refractivity contribution in [3.63, 3.8) is 0 Å². The molecule has 1 aromatic rings. The van der Waals surface area contributed by atoms with Gasteiger partial charge in [0, 0.05) is 13.5 Å². The molecule has 1 aliphatic carbocycles. The first-order valence-electron chi connectivity index (χ1n) is 6.66. The summed E-state index contributed by atoms with van der Waals surface area (Å²) in [4.78, 5) is 4.24. The van der Waals surface area contributed by atoms with Crippen LogP contribution in [-0.2, 0) is 13.5 Å². The Morgan fingerprint density at radius 2 is 1.72 bits per heavy atom. The summed E-state index contributed by atoms with van der Waals surface area (Å²) in [7, 11) is 1.88. The molecular formula is C14H25N3O. The molecule has 0 aliphatic heterocycles. The topological polar surface area (TPSA) is 50.9 Å². The fourth-order valence-electron chi connectivity index (χ4n) is 4.16. The van der Waals surface area contributed by atoms with Crippen molar-refractivity contribution in [1.82, 2.24) is 14.8 Å². The Kier molecular flexibility index (Phi) is 3.05. The zero-order valence-electron chi connectivity index (χ0n) is 12.2. The van der Waals surface area contributed by atoms with E-state index in [0.717, 1.165) is 25.1 Å². The molecule has 0 saturated heterocycles. The zero-order valence-corrected chi connectivity index (χ0v) is 12.2. The van der Waals surface area contributed by atoms with Gasteiger partial charge in [-0.3, -0.25) is 4.68 Å². The van der Waals surface area contributed by atoms with Crippen LogP contribution in [0.1, 0.15) is 52.8 Å². The third-order valence-electron chi connectivity index (χ3n) is 3.86. The summed E-state index contributed by atoms with van der Waals surface area (Å²) in [6.45, 7) is 8.98. The van der Waals surface area contributed by atoms with Crippen LogP contribution in [0.15, 0.2) is 6.33 Å².